The molecule has 10 heteroatoms. The first-order valence-electron chi connectivity index (χ1n) is 10.9. The number of anilines is 1. The van der Waals surface area contributed by atoms with Gasteiger partial charge in [-0.05, 0) is 55.3 Å². The molecular formula is C23H26ClN3O5S. The second-order valence-corrected chi connectivity index (χ2v) is 10.5. The van der Waals surface area contributed by atoms with Gasteiger partial charge in [0, 0.05) is 42.5 Å². The van der Waals surface area contributed by atoms with E-state index in [1.807, 2.05) is 0 Å². The van der Waals surface area contributed by atoms with E-state index in [1.54, 1.807) is 41.3 Å². The molecule has 0 aliphatic carbocycles. The Morgan fingerprint density at radius 3 is 2.48 bits per heavy atom. The van der Waals surface area contributed by atoms with E-state index in [0.717, 1.165) is 0 Å². The molecule has 0 aromatic heterocycles. The molecule has 1 N–H and O–H groups in total. The predicted octanol–water partition coefficient (Wildman–Crippen LogP) is 2.85. The van der Waals surface area contributed by atoms with Crippen LogP contribution in [0.5, 0.6) is 0 Å². The summed E-state index contributed by atoms with van der Waals surface area (Å²) < 4.78 is 32.4. The number of morpholine rings is 1. The number of nitrogens with one attached hydrogen (secondary N) is 1. The first-order valence-corrected chi connectivity index (χ1v) is 12.7. The van der Waals surface area contributed by atoms with Crippen molar-refractivity contribution in [3.05, 3.63) is 59.1 Å². The molecule has 2 aliphatic heterocycles. The minimum absolute atomic E-state index is 0.130. The average molecular weight is 492 g/mol. The molecule has 2 saturated heterocycles. The van der Waals surface area contributed by atoms with Crippen LogP contribution in [0.3, 0.4) is 0 Å². The molecule has 2 aliphatic rings. The zero-order valence-electron chi connectivity index (χ0n) is 18.1. The summed E-state index contributed by atoms with van der Waals surface area (Å²) >= 11 is 5.90. The van der Waals surface area contributed by atoms with Gasteiger partial charge >= 0.3 is 0 Å². The van der Waals surface area contributed by atoms with Crippen LogP contribution in [0.2, 0.25) is 5.02 Å². The number of amides is 2. The summed E-state index contributed by atoms with van der Waals surface area (Å²) in [5, 5.41) is 3.39. The Bertz CT molecular complexity index is 1120. The SMILES string of the molecule is O=C(Nc1cccc(S(=O)(=O)N2CCOCC2)c1)[C@H]1CCCN(C(=O)c2ccc(Cl)cc2)C1. The highest BCUT2D eigenvalue weighted by molar-refractivity contribution is 7.89. The van der Waals surface area contributed by atoms with Crippen LogP contribution in [0.4, 0.5) is 5.69 Å². The molecule has 4 rings (SSSR count). The molecule has 0 bridgehead atoms. The number of hydrogen-bond donors (Lipinski definition) is 1. The van der Waals surface area contributed by atoms with Gasteiger partial charge in [0.25, 0.3) is 5.91 Å². The Morgan fingerprint density at radius 1 is 1.03 bits per heavy atom. The standard InChI is InChI=1S/C23H26ClN3O5S/c24-19-8-6-17(7-9-19)23(29)26-10-2-3-18(16-26)22(28)25-20-4-1-5-21(15-20)33(30,31)27-11-13-32-14-12-27/h1,4-9,15,18H,2-3,10-14,16H2,(H,25,28)/t18-/m0/s1. The lowest BCUT2D eigenvalue weighted by atomic mass is 9.96. The molecule has 0 unspecified atom stereocenters. The summed E-state index contributed by atoms with van der Waals surface area (Å²) in [6, 6.07) is 13.0. The van der Waals surface area contributed by atoms with Crippen molar-refractivity contribution in [2.75, 3.05) is 44.7 Å². The van der Waals surface area contributed by atoms with Gasteiger partial charge in [0.2, 0.25) is 15.9 Å². The second kappa shape index (κ2) is 10.2. The third-order valence-corrected chi connectivity index (χ3v) is 8.03. The molecule has 8 nitrogen and oxygen atoms in total. The Hall–Kier alpha value is -2.46. The van der Waals surface area contributed by atoms with Crippen LogP contribution in [-0.2, 0) is 19.6 Å². The molecule has 33 heavy (non-hydrogen) atoms. The maximum atomic E-state index is 12.9. The van der Waals surface area contributed by atoms with Crippen molar-refractivity contribution in [3.8, 4) is 0 Å². The van der Waals surface area contributed by atoms with E-state index in [2.05, 4.69) is 5.32 Å². The highest BCUT2D eigenvalue weighted by Gasteiger charge is 2.30. The van der Waals surface area contributed by atoms with Gasteiger partial charge in [-0.2, -0.15) is 4.31 Å². The fraction of sp³-hybridized carbons (Fsp3) is 0.391. The van der Waals surface area contributed by atoms with Gasteiger partial charge in [-0.1, -0.05) is 17.7 Å². The lowest BCUT2D eigenvalue weighted by Gasteiger charge is -2.32. The zero-order valence-corrected chi connectivity index (χ0v) is 19.6. The second-order valence-electron chi connectivity index (χ2n) is 8.13. The monoisotopic (exact) mass is 491 g/mol. The lowest BCUT2D eigenvalue weighted by molar-refractivity contribution is -0.121. The van der Waals surface area contributed by atoms with E-state index < -0.39 is 10.0 Å². The van der Waals surface area contributed by atoms with Crippen LogP contribution in [0.25, 0.3) is 0 Å². The minimum Gasteiger partial charge on any atom is -0.379 e. The molecule has 2 amide bonds. The number of piperidine rings is 1. The third kappa shape index (κ3) is 5.55. The maximum absolute atomic E-state index is 12.9. The lowest BCUT2D eigenvalue weighted by Crippen LogP contribution is -2.43. The molecule has 2 aromatic rings. The predicted molar refractivity (Wildman–Crippen MR) is 125 cm³/mol. The van der Waals surface area contributed by atoms with E-state index in [4.69, 9.17) is 16.3 Å². The summed E-state index contributed by atoms with van der Waals surface area (Å²) in [4.78, 5) is 27.6. The largest absolute Gasteiger partial charge is 0.379 e. The number of nitrogens with zero attached hydrogens (tertiary/aromatic N) is 2. The number of benzene rings is 2. The number of sulfonamides is 1. The normalized spacial score (nSPS) is 19.8. The molecule has 0 radical (unpaired) electrons. The van der Waals surface area contributed by atoms with Crippen LogP contribution in [0.1, 0.15) is 23.2 Å². The summed E-state index contributed by atoms with van der Waals surface area (Å²) in [7, 11) is -3.66. The highest BCUT2D eigenvalue weighted by atomic mass is 35.5. The quantitative estimate of drug-likeness (QED) is 0.693. The van der Waals surface area contributed by atoms with Gasteiger partial charge in [0.15, 0.2) is 0 Å². The summed E-state index contributed by atoms with van der Waals surface area (Å²) in [6.07, 6.45) is 1.37. The highest BCUT2D eigenvalue weighted by Crippen LogP contribution is 2.24. The fourth-order valence-electron chi connectivity index (χ4n) is 4.07. The smallest absolute Gasteiger partial charge is 0.253 e. The molecule has 2 fully saturated rings. The Labute approximate surface area is 198 Å². The van der Waals surface area contributed by atoms with Crippen molar-refractivity contribution in [2.45, 2.75) is 17.7 Å². The van der Waals surface area contributed by atoms with Crippen molar-refractivity contribution in [1.29, 1.82) is 0 Å². The first-order chi connectivity index (χ1) is 15.8. The topological polar surface area (TPSA) is 96.0 Å². The average Bonchev–Trinajstić information content (AvgIpc) is 2.85. The molecular weight excluding hydrogens is 466 g/mol. The van der Waals surface area contributed by atoms with Crippen molar-refractivity contribution >= 4 is 39.1 Å². The van der Waals surface area contributed by atoms with E-state index in [1.165, 1.54) is 16.4 Å². The summed E-state index contributed by atoms with van der Waals surface area (Å²) in [5.41, 5.74) is 0.942. The van der Waals surface area contributed by atoms with E-state index in [-0.39, 0.29) is 22.6 Å². The molecule has 0 saturated carbocycles. The van der Waals surface area contributed by atoms with Gasteiger partial charge < -0.3 is 15.0 Å². The maximum Gasteiger partial charge on any atom is 0.253 e. The molecule has 1 atom stereocenters. The van der Waals surface area contributed by atoms with Gasteiger partial charge in [0.1, 0.15) is 0 Å². The number of likely N-dealkylation sites (tertiary alicyclic amines) is 1. The fourth-order valence-corrected chi connectivity index (χ4v) is 5.65. The number of hydrogen-bond acceptors (Lipinski definition) is 5. The van der Waals surface area contributed by atoms with Crippen molar-refractivity contribution < 1.29 is 22.7 Å². The third-order valence-electron chi connectivity index (χ3n) is 5.88. The number of halogens is 1. The van der Waals surface area contributed by atoms with Crippen LogP contribution in [0, 0.1) is 5.92 Å². The molecule has 0 spiro atoms. The van der Waals surface area contributed by atoms with Gasteiger partial charge in [0.05, 0.1) is 24.0 Å². The van der Waals surface area contributed by atoms with Crippen molar-refractivity contribution in [3.63, 3.8) is 0 Å². The summed E-state index contributed by atoms with van der Waals surface area (Å²) in [5.74, 6) is -0.748. The van der Waals surface area contributed by atoms with Gasteiger partial charge in [-0.3, -0.25) is 9.59 Å². The summed E-state index contributed by atoms with van der Waals surface area (Å²) in [6.45, 7) is 2.22. The van der Waals surface area contributed by atoms with Crippen LogP contribution in [0.15, 0.2) is 53.4 Å². The van der Waals surface area contributed by atoms with Crippen molar-refractivity contribution in [1.82, 2.24) is 9.21 Å². The van der Waals surface area contributed by atoms with E-state index in [9.17, 15) is 18.0 Å². The van der Waals surface area contributed by atoms with Crippen LogP contribution >= 0.6 is 11.6 Å². The van der Waals surface area contributed by atoms with Gasteiger partial charge in [-0.25, -0.2) is 8.42 Å². The van der Waals surface area contributed by atoms with E-state index >= 15 is 0 Å². The Morgan fingerprint density at radius 2 is 1.76 bits per heavy atom. The molecule has 176 valence electrons. The number of ether oxygens (including phenoxy) is 1. The van der Waals surface area contributed by atoms with E-state index in [0.29, 0.717) is 68.5 Å². The Balaban J connectivity index is 1.42. The van der Waals surface area contributed by atoms with Crippen LogP contribution in [-0.4, -0.2) is 68.8 Å². The molecule has 2 aromatic carbocycles. The number of carbonyl (C=O) groups excluding carboxylic acids is 2. The first kappa shape index (κ1) is 23.7. The number of carbonyl (C=O) groups is 2. The number of rotatable bonds is 5. The molecule has 2 heterocycles. The zero-order chi connectivity index (χ0) is 23.4. The Kier molecular flexibility index (Phi) is 7.33. The van der Waals surface area contributed by atoms with Crippen molar-refractivity contribution in [2.24, 2.45) is 5.92 Å². The van der Waals surface area contributed by atoms with Crippen LogP contribution < -0.4 is 5.32 Å². The minimum atomic E-state index is -3.66. The van der Waals surface area contributed by atoms with Gasteiger partial charge in [-0.15, -0.1) is 0 Å².